The van der Waals surface area contributed by atoms with Crippen LogP contribution in [0.15, 0.2) is 24.3 Å². The minimum absolute atomic E-state index is 0.478. The SMILES string of the molecule is CCCc1cc(CCCCCc2cc(C)c(O)c(CCC)c2)cc(C)c1O. The third kappa shape index (κ3) is 6.02. The van der Waals surface area contributed by atoms with Crippen molar-refractivity contribution in [1.29, 1.82) is 0 Å². The number of rotatable bonds is 10. The van der Waals surface area contributed by atoms with Crippen molar-refractivity contribution < 1.29 is 10.2 Å². The van der Waals surface area contributed by atoms with Gasteiger partial charge in [0.25, 0.3) is 0 Å². The van der Waals surface area contributed by atoms with Crippen molar-refractivity contribution in [3.63, 3.8) is 0 Å². The van der Waals surface area contributed by atoms with Gasteiger partial charge in [-0.05, 0) is 85.8 Å². The van der Waals surface area contributed by atoms with E-state index in [1.807, 2.05) is 13.8 Å². The number of benzene rings is 2. The molecule has 0 amide bonds. The van der Waals surface area contributed by atoms with E-state index in [2.05, 4.69) is 38.1 Å². The first-order chi connectivity index (χ1) is 13.0. The van der Waals surface area contributed by atoms with Gasteiger partial charge in [0.1, 0.15) is 11.5 Å². The Morgan fingerprint density at radius 3 is 1.37 bits per heavy atom. The van der Waals surface area contributed by atoms with Gasteiger partial charge in [0.15, 0.2) is 0 Å². The average Bonchev–Trinajstić information content (AvgIpc) is 2.63. The second kappa shape index (κ2) is 10.4. The van der Waals surface area contributed by atoms with Crippen LogP contribution in [0.3, 0.4) is 0 Å². The van der Waals surface area contributed by atoms with Gasteiger partial charge in [-0.2, -0.15) is 0 Å². The molecule has 27 heavy (non-hydrogen) atoms. The molecule has 148 valence electrons. The Hall–Kier alpha value is -1.96. The lowest BCUT2D eigenvalue weighted by atomic mass is 9.96. The molecule has 2 heteroatoms. The highest BCUT2D eigenvalue weighted by atomic mass is 16.3. The van der Waals surface area contributed by atoms with Gasteiger partial charge in [-0.25, -0.2) is 0 Å². The van der Waals surface area contributed by atoms with Crippen molar-refractivity contribution in [2.45, 2.75) is 85.5 Å². The zero-order valence-corrected chi connectivity index (χ0v) is 17.6. The van der Waals surface area contributed by atoms with Crippen molar-refractivity contribution >= 4 is 0 Å². The number of phenolic OH excluding ortho intramolecular Hbond substituents is 2. The Bertz CT molecular complexity index is 683. The molecule has 2 N–H and O–H groups in total. The minimum Gasteiger partial charge on any atom is -0.507 e. The summed E-state index contributed by atoms with van der Waals surface area (Å²) >= 11 is 0. The van der Waals surface area contributed by atoms with Crippen LogP contribution in [-0.2, 0) is 25.7 Å². The van der Waals surface area contributed by atoms with Gasteiger partial charge in [-0.3, -0.25) is 0 Å². The summed E-state index contributed by atoms with van der Waals surface area (Å²) in [4.78, 5) is 0. The molecule has 0 aromatic heterocycles. The Morgan fingerprint density at radius 1 is 0.593 bits per heavy atom. The molecule has 0 aliphatic rings. The van der Waals surface area contributed by atoms with Crippen LogP contribution >= 0.6 is 0 Å². The normalized spacial score (nSPS) is 11.1. The fraction of sp³-hybridized carbons (Fsp3) is 0.520. The number of hydrogen-bond acceptors (Lipinski definition) is 2. The molecule has 0 spiro atoms. The van der Waals surface area contributed by atoms with Gasteiger partial charge < -0.3 is 10.2 Å². The molecule has 0 fully saturated rings. The zero-order valence-electron chi connectivity index (χ0n) is 17.6. The molecule has 2 rings (SSSR count). The van der Waals surface area contributed by atoms with Crippen LogP contribution in [0.4, 0.5) is 0 Å². The van der Waals surface area contributed by atoms with E-state index in [4.69, 9.17) is 0 Å². The van der Waals surface area contributed by atoms with Gasteiger partial charge in [-0.1, -0.05) is 57.4 Å². The first-order valence-corrected chi connectivity index (χ1v) is 10.6. The molecular formula is C25H36O2. The lowest BCUT2D eigenvalue weighted by Crippen LogP contribution is -1.95. The van der Waals surface area contributed by atoms with E-state index in [1.54, 1.807) is 0 Å². The van der Waals surface area contributed by atoms with E-state index in [1.165, 1.54) is 30.4 Å². The van der Waals surface area contributed by atoms with Crippen molar-refractivity contribution in [2.24, 2.45) is 0 Å². The largest absolute Gasteiger partial charge is 0.507 e. The highest BCUT2D eigenvalue weighted by Gasteiger charge is 2.08. The topological polar surface area (TPSA) is 40.5 Å². The summed E-state index contributed by atoms with van der Waals surface area (Å²) in [6, 6.07) is 8.64. The summed E-state index contributed by atoms with van der Waals surface area (Å²) < 4.78 is 0. The maximum absolute atomic E-state index is 10.2. The van der Waals surface area contributed by atoms with E-state index in [0.29, 0.717) is 11.5 Å². The molecule has 0 aliphatic heterocycles. The van der Waals surface area contributed by atoms with E-state index >= 15 is 0 Å². The average molecular weight is 369 g/mol. The summed E-state index contributed by atoms with van der Waals surface area (Å²) in [5.41, 5.74) is 6.88. The number of aryl methyl sites for hydroxylation is 6. The lowest BCUT2D eigenvalue weighted by Gasteiger charge is -2.11. The first-order valence-electron chi connectivity index (χ1n) is 10.6. The first kappa shape index (κ1) is 21.3. The molecule has 2 aromatic rings. The molecular weight excluding hydrogens is 332 g/mol. The summed E-state index contributed by atoms with van der Waals surface area (Å²) in [5.74, 6) is 0.956. The lowest BCUT2D eigenvalue weighted by molar-refractivity contribution is 0.462. The smallest absolute Gasteiger partial charge is 0.121 e. The summed E-state index contributed by atoms with van der Waals surface area (Å²) in [5, 5.41) is 20.3. The maximum atomic E-state index is 10.2. The van der Waals surface area contributed by atoms with Crippen LogP contribution < -0.4 is 0 Å². The van der Waals surface area contributed by atoms with Crippen molar-refractivity contribution in [2.75, 3.05) is 0 Å². The molecule has 0 bridgehead atoms. The van der Waals surface area contributed by atoms with Crippen molar-refractivity contribution in [3.05, 3.63) is 57.6 Å². The van der Waals surface area contributed by atoms with E-state index in [-0.39, 0.29) is 0 Å². The third-order valence-electron chi connectivity index (χ3n) is 5.35. The Labute approximate surface area is 165 Å². The van der Waals surface area contributed by atoms with Crippen LogP contribution in [0.1, 0.15) is 79.3 Å². The molecule has 2 aromatic carbocycles. The molecule has 2 nitrogen and oxygen atoms in total. The van der Waals surface area contributed by atoms with Gasteiger partial charge in [0, 0.05) is 0 Å². The quantitative estimate of drug-likeness (QED) is 0.465. The van der Waals surface area contributed by atoms with Gasteiger partial charge in [0.05, 0.1) is 0 Å². The summed E-state index contributed by atoms with van der Waals surface area (Å²) in [6.45, 7) is 8.30. The third-order valence-corrected chi connectivity index (χ3v) is 5.35. The van der Waals surface area contributed by atoms with Crippen molar-refractivity contribution in [1.82, 2.24) is 0 Å². The minimum atomic E-state index is 0.478. The van der Waals surface area contributed by atoms with Gasteiger partial charge in [0.2, 0.25) is 0 Å². The molecule has 0 radical (unpaired) electrons. The van der Waals surface area contributed by atoms with Gasteiger partial charge >= 0.3 is 0 Å². The Kier molecular flexibility index (Phi) is 8.22. The van der Waals surface area contributed by atoms with Crippen molar-refractivity contribution in [3.8, 4) is 11.5 Å². The maximum Gasteiger partial charge on any atom is 0.121 e. The second-order valence-electron chi connectivity index (χ2n) is 7.90. The second-order valence-corrected chi connectivity index (χ2v) is 7.90. The zero-order chi connectivity index (χ0) is 19.8. The highest BCUT2D eigenvalue weighted by molar-refractivity contribution is 5.44. The predicted molar refractivity (Wildman–Crippen MR) is 115 cm³/mol. The predicted octanol–water partition coefficient (Wildman–Crippen LogP) is 6.58. The Morgan fingerprint density at radius 2 is 1.00 bits per heavy atom. The van der Waals surface area contributed by atoms with E-state index < -0.39 is 0 Å². The highest BCUT2D eigenvalue weighted by Crippen LogP contribution is 2.27. The van der Waals surface area contributed by atoms with E-state index in [9.17, 15) is 10.2 Å². The fourth-order valence-electron chi connectivity index (χ4n) is 3.91. The summed E-state index contributed by atoms with van der Waals surface area (Å²) in [7, 11) is 0. The monoisotopic (exact) mass is 368 g/mol. The fourth-order valence-corrected chi connectivity index (χ4v) is 3.91. The van der Waals surface area contributed by atoms with Crippen LogP contribution in [0.25, 0.3) is 0 Å². The molecule has 0 saturated carbocycles. The number of phenols is 2. The van der Waals surface area contributed by atoms with Crippen LogP contribution in [0.2, 0.25) is 0 Å². The molecule has 0 atom stereocenters. The van der Waals surface area contributed by atoms with E-state index in [0.717, 1.165) is 60.8 Å². The molecule has 0 heterocycles. The number of aromatic hydroxyl groups is 2. The summed E-state index contributed by atoms with van der Waals surface area (Å²) in [6.07, 6.45) is 9.71. The molecule has 0 unspecified atom stereocenters. The standard InChI is InChI=1S/C25H36O2/c1-5-10-22-16-20(14-18(3)24(22)26)12-8-7-9-13-21-15-19(4)25(27)23(17-21)11-6-2/h14-17,26-27H,5-13H2,1-4H3. The number of unbranched alkanes of at least 4 members (excludes halogenated alkanes) is 2. The molecule has 0 saturated heterocycles. The number of hydrogen-bond donors (Lipinski definition) is 2. The van der Waals surface area contributed by atoms with Crippen LogP contribution in [0.5, 0.6) is 11.5 Å². The van der Waals surface area contributed by atoms with Crippen LogP contribution in [0, 0.1) is 13.8 Å². The Balaban J connectivity index is 1.86. The molecule has 0 aliphatic carbocycles. The van der Waals surface area contributed by atoms with Crippen LogP contribution in [-0.4, -0.2) is 10.2 Å². The van der Waals surface area contributed by atoms with Gasteiger partial charge in [-0.15, -0.1) is 0 Å².